The van der Waals surface area contributed by atoms with Gasteiger partial charge in [-0.1, -0.05) is 36.4 Å². The predicted molar refractivity (Wildman–Crippen MR) is 49.0 cm³/mol. The van der Waals surface area contributed by atoms with Crippen LogP contribution in [0.15, 0.2) is 43.0 Å². The van der Waals surface area contributed by atoms with E-state index < -0.39 is 6.29 Å². The largest absolute Gasteiger partial charge is 0.342 e. The summed E-state index contributed by atoms with van der Waals surface area (Å²) in [5.74, 6) is 0. The van der Waals surface area contributed by atoms with Gasteiger partial charge in [-0.2, -0.15) is 0 Å². The van der Waals surface area contributed by atoms with Gasteiger partial charge in [-0.3, -0.25) is 0 Å². The van der Waals surface area contributed by atoms with Gasteiger partial charge in [0, 0.05) is 5.56 Å². The third kappa shape index (κ3) is 2.99. The lowest BCUT2D eigenvalue weighted by atomic mass is 10.2. The van der Waals surface area contributed by atoms with E-state index in [0.29, 0.717) is 6.61 Å². The number of rotatable bonds is 5. The van der Waals surface area contributed by atoms with E-state index in [4.69, 9.17) is 9.99 Å². The fourth-order valence-electron chi connectivity index (χ4n) is 0.953. The number of ether oxygens (including phenoxy) is 1. The quantitative estimate of drug-likeness (QED) is 0.327. The van der Waals surface area contributed by atoms with Gasteiger partial charge >= 0.3 is 0 Å². The number of benzene rings is 1. The zero-order valence-corrected chi connectivity index (χ0v) is 7.22. The van der Waals surface area contributed by atoms with Gasteiger partial charge in [0.1, 0.15) is 0 Å². The molecule has 1 aromatic carbocycles. The van der Waals surface area contributed by atoms with Crippen molar-refractivity contribution in [3.8, 4) is 0 Å². The fraction of sp³-hybridized carbons (Fsp3) is 0.200. The Kier molecular flexibility index (Phi) is 4.18. The maximum atomic E-state index is 8.55. The van der Waals surface area contributed by atoms with Crippen molar-refractivity contribution in [1.82, 2.24) is 0 Å². The molecule has 0 amide bonds. The van der Waals surface area contributed by atoms with Crippen LogP contribution in [0.4, 0.5) is 0 Å². The van der Waals surface area contributed by atoms with Crippen molar-refractivity contribution in [2.45, 2.75) is 6.29 Å². The van der Waals surface area contributed by atoms with Gasteiger partial charge in [0.2, 0.25) is 6.29 Å². The van der Waals surface area contributed by atoms with Crippen molar-refractivity contribution in [3.63, 3.8) is 0 Å². The van der Waals surface area contributed by atoms with Crippen LogP contribution in [0.5, 0.6) is 0 Å². The monoisotopic (exact) mass is 180 g/mol. The lowest BCUT2D eigenvalue weighted by Gasteiger charge is -2.12. The summed E-state index contributed by atoms with van der Waals surface area (Å²) in [6, 6.07) is 9.19. The molecule has 0 fully saturated rings. The molecule has 1 rings (SSSR count). The SMILES string of the molecule is C=CCOC(OO)c1ccccc1. The van der Waals surface area contributed by atoms with Crippen LogP contribution < -0.4 is 0 Å². The molecule has 0 spiro atoms. The Morgan fingerprint density at radius 3 is 2.62 bits per heavy atom. The highest BCUT2D eigenvalue weighted by molar-refractivity contribution is 5.15. The molecular formula is C10H12O3. The molecule has 70 valence electrons. The van der Waals surface area contributed by atoms with Crippen LogP contribution in [-0.2, 0) is 9.62 Å². The summed E-state index contributed by atoms with van der Waals surface area (Å²) < 4.78 is 5.14. The molecule has 1 N–H and O–H groups in total. The first-order chi connectivity index (χ1) is 6.38. The first-order valence-electron chi connectivity index (χ1n) is 3.96. The van der Waals surface area contributed by atoms with Crippen LogP contribution >= 0.6 is 0 Å². The minimum atomic E-state index is -0.737. The van der Waals surface area contributed by atoms with Crippen LogP contribution in [0.3, 0.4) is 0 Å². The maximum absolute atomic E-state index is 8.55. The van der Waals surface area contributed by atoms with Gasteiger partial charge in [0.25, 0.3) is 0 Å². The van der Waals surface area contributed by atoms with Crippen LogP contribution in [0.25, 0.3) is 0 Å². The van der Waals surface area contributed by atoms with Gasteiger partial charge in [-0.05, 0) is 0 Å². The molecule has 3 heteroatoms. The molecule has 1 aromatic rings. The normalized spacial score (nSPS) is 12.4. The highest BCUT2D eigenvalue weighted by atomic mass is 17.1. The van der Waals surface area contributed by atoms with Gasteiger partial charge in [0.15, 0.2) is 0 Å². The predicted octanol–water partition coefficient (Wildman–Crippen LogP) is 2.38. The van der Waals surface area contributed by atoms with Crippen LogP contribution in [0, 0.1) is 0 Å². The summed E-state index contributed by atoms with van der Waals surface area (Å²) in [6.07, 6.45) is 0.855. The molecule has 0 bridgehead atoms. The molecule has 0 saturated heterocycles. The Morgan fingerprint density at radius 1 is 1.38 bits per heavy atom. The van der Waals surface area contributed by atoms with Gasteiger partial charge in [-0.15, -0.1) is 6.58 Å². The molecule has 3 nitrogen and oxygen atoms in total. The first kappa shape index (κ1) is 9.92. The summed E-state index contributed by atoms with van der Waals surface area (Å²) >= 11 is 0. The summed E-state index contributed by atoms with van der Waals surface area (Å²) in [4.78, 5) is 4.17. The molecular weight excluding hydrogens is 168 g/mol. The molecule has 1 atom stereocenters. The number of hydrogen-bond acceptors (Lipinski definition) is 3. The summed E-state index contributed by atoms with van der Waals surface area (Å²) in [5, 5.41) is 8.55. The molecule has 1 unspecified atom stereocenters. The lowest BCUT2D eigenvalue weighted by molar-refractivity contribution is -0.349. The second-order valence-electron chi connectivity index (χ2n) is 2.47. The Labute approximate surface area is 77.2 Å². The summed E-state index contributed by atoms with van der Waals surface area (Å²) in [5.41, 5.74) is 0.770. The minimum Gasteiger partial charge on any atom is -0.342 e. The fourth-order valence-corrected chi connectivity index (χ4v) is 0.953. The molecule has 0 radical (unpaired) electrons. The average molecular weight is 180 g/mol. The van der Waals surface area contributed by atoms with E-state index >= 15 is 0 Å². The van der Waals surface area contributed by atoms with E-state index in [1.165, 1.54) is 0 Å². The Balaban J connectivity index is 2.61. The molecule has 0 heterocycles. The average Bonchev–Trinajstić information content (AvgIpc) is 2.21. The second kappa shape index (κ2) is 5.48. The molecule has 0 saturated carbocycles. The van der Waals surface area contributed by atoms with Gasteiger partial charge in [0.05, 0.1) is 6.61 Å². The Hall–Kier alpha value is -1.16. The van der Waals surface area contributed by atoms with Crippen molar-refractivity contribution >= 4 is 0 Å². The molecule has 0 aromatic heterocycles. The van der Waals surface area contributed by atoms with Crippen LogP contribution in [-0.4, -0.2) is 11.9 Å². The van der Waals surface area contributed by atoms with Crippen molar-refractivity contribution in [1.29, 1.82) is 0 Å². The van der Waals surface area contributed by atoms with Crippen molar-refractivity contribution in [2.75, 3.05) is 6.61 Å². The highest BCUT2D eigenvalue weighted by Gasteiger charge is 2.10. The smallest absolute Gasteiger partial charge is 0.217 e. The van der Waals surface area contributed by atoms with E-state index in [0.717, 1.165) is 5.56 Å². The summed E-state index contributed by atoms with van der Waals surface area (Å²) in [6.45, 7) is 3.83. The lowest BCUT2D eigenvalue weighted by Crippen LogP contribution is -2.06. The Morgan fingerprint density at radius 2 is 2.08 bits per heavy atom. The van der Waals surface area contributed by atoms with Gasteiger partial charge < -0.3 is 4.74 Å². The molecule has 13 heavy (non-hydrogen) atoms. The third-order valence-corrected chi connectivity index (χ3v) is 1.53. The molecule has 0 aliphatic rings. The van der Waals surface area contributed by atoms with Gasteiger partial charge in [-0.25, -0.2) is 10.1 Å². The van der Waals surface area contributed by atoms with E-state index in [1.807, 2.05) is 30.3 Å². The first-order valence-corrected chi connectivity index (χ1v) is 3.96. The van der Waals surface area contributed by atoms with E-state index in [2.05, 4.69) is 11.5 Å². The second-order valence-corrected chi connectivity index (χ2v) is 2.47. The van der Waals surface area contributed by atoms with E-state index in [9.17, 15) is 0 Å². The Bertz CT molecular complexity index is 246. The molecule has 0 aliphatic heterocycles. The topological polar surface area (TPSA) is 38.7 Å². The van der Waals surface area contributed by atoms with Crippen LogP contribution in [0.1, 0.15) is 11.9 Å². The molecule has 0 aliphatic carbocycles. The summed E-state index contributed by atoms with van der Waals surface area (Å²) in [7, 11) is 0. The van der Waals surface area contributed by atoms with Crippen molar-refractivity contribution in [3.05, 3.63) is 48.6 Å². The van der Waals surface area contributed by atoms with Crippen molar-refractivity contribution < 1.29 is 14.9 Å². The van der Waals surface area contributed by atoms with E-state index in [1.54, 1.807) is 6.08 Å². The minimum absolute atomic E-state index is 0.333. The zero-order valence-electron chi connectivity index (χ0n) is 7.22. The zero-order chi connectivity index (χ0) is 9.52. The number of hydrogen-bond donors (Lipinski definition) is 1. The standard InChI is InChI=1S/C10H12O3/c1-2-8-12-10(13-11)9-6-4-3-5-7-9/h2-7,10-11H,1,8H2. The van der Waals surface area contributed by atoms with Crippen molar-refractivity contribution in [2.24, 2.45) is 0 Å². The third-order valence-electron chi connectivity index (χ3n) is 1.53. The van der Waals surface area contributed by atoms with E-state index in [-0.39, 0.29) is 0 Å². The maximum Gasteiger partial charge on any atom is 0.217 e. The van der Waals surface area contributed by atoms with Crippen LogP contribution in [0.2, 0.25) is 0 Å². The highest BCUT2D eigenvalue weighted by Crippen LogP contribution is 2.16.